The van der Waals surface area contributed by atoms with Crippen LogP contribution < -0.4 is 10.1 Å². The van der Waals surface area contributed by atoms with Crippen LogP contribution in [-0.2, 0) is 9.59 Å². The van der Waals surface area contributed by atoms with E-state index in [1.165, 1.54) is 0 Å². The molecule has 1 aromatic rings. The fourth-order valence-corrected chi connectivity index (χ4v) is 3.67. The predicted octanol–water partition coefficient (Wildman–Crippen LogP) is 3.01. The quantitative estimate of drug-likeness (QED) is 0.882. The maximum absolute atomic E-state index is 12.6. The topological polar surface area (TPSA) is 58.6 Å². The number of nitrogens with zero attached hydrogens (tertiary/aromatic N) is 1. The molecule has 1 aromatic carbocycles. The molecule has 1 N–H and O–H groups in total. The van der Waals surface area contributed by atoms with Gasteiger partial charge in [-0.05, 0) is 37.8 Å². The third-order valence-electron chi connectivity index (χ3n) is 5.40. The van der Waals surface area contributed by atoms with Gasteiger partial charge in [0.05, 0.1) is 5.57 Å². The summed E-state index contributed by atoms with van der Waals surface area (Å²) in [5, 5.41) is 3.11. The number of benzene rings is 1. The number of ether oxygens (including phenoxy) is 1. The number of para-hydroxylation sites is 1. The third kappa shape index (κ3) is 4.09. The molecular formula is C21H28N2O3. The van der Waals surface area contributed by atoms with E-state index in [-0.39, 0.29) is 23.8 Å². The first-order valence-corrected chi connectivity index (χ1v) is 9.64. The number of hydrogen-bond acceptors (Lipinski definition) is 3. The number of fused-ring (bicyclic) bond motifs is 1. The molecule has 26 heavy (non-hydrogen) atoms. The van der Waals surface area contributed by atoms with Gasteiger partial charge in [0, 0.05) is 30.6 Å². The molecule has 140 valence electrons. The Labute approximate surface area is 155 Å². The number of rotatable bonds is 5. The molecule has 0 atom stereocenters. The molecule has 0 aromatic heterocycles. The van der Waals surface area contributed by atoms with Crippen molar-refractivity contribution in [2.75, 3.05) is 19.7 Å². The largest absolute Gasteiger partial charge is 0.488 e. The summed E-state index contributed by atoms with van der Waals surface area (Å²) < 4.78 is 5.66. The van der Waals surface area contributed by atoms with Gasteiger partial charge in [0.2, 0.25) is 5.91 Å². The summed E-state index contributed by atoms with van der Waals surface area (Å²) in [6.07, 6.45) is 5.30. The summed E-state index contributed by atoms with van der Waals surface area (Å²) in [5.41, 5.74) is 1.59. The number of carbonyl (C=O) groups is 2. The molecule has 3 rings (SSSR count). The zero-order valence-electron chi connectivity index (χ0n) is 15.7. The van der Waals surface area contributed by atoms with Crippen molar-refractivity contribution in [3.63, 3.8) is 0 Å². The van der Waals surface area contributed by atoms with Crippen molar-refractivity contribution in [2.24, 2.45) is 5.92 Å². The Balaban J connectivity index is 1.53. The Morgan fingerprint density at radius 1 is 1.19 bits per heavy atom. The monoisotopic (exact) mass is 356 g/mol. The van der Waals surface area contributed by atoms with Crippen molar-refractivity contribution in [3.05, 3.63) is 35.4 Å². The van der Waals surface area contributed by atoms with E-state index in [2.05, 4.69) is 19.2 Å². The van der Waals surface area contributed by atoms with Crippen molar-refractivity contribution in [3.8, 4) is 5.75 Å². The molecule has 0 aliphatic carbocycles. The number of carbonyl (C=O) groups excluding carboxylic acids is 2. The fraction of sp³-hybridized carbons (Fsp3) is 0.524. The zero-order valence-corrected chi connectivity index (χ0v) is 15.7. The van der Waals surface area contributed by atoms with Gasteiger partial charge in [0.15, 0.2) is 0 Å². The molecule has 0 unspecified atom stereocenters. The fourth-order valence-electron chi connectivity index (χ4n) is 3.67. The highest BCUT2D eigenvalue weighted by atomic mass is 16.5. The summed E-state index contributed by atoms with van der Waals surface area (Å²) in [4.78, 5) is 27.0. The van der Waals surface area contributed by atoms with Crippen LogP contribution in [0.25, 0.3) is 6.08 Å². The second-order valence-electron chi connectivity index (χ2n) is 7.08. The van der Waals surface area contributed by atoms with Crippen LogP contribution in [0.5, 0.6) is 5.75 Å². The lowest BCUT2D eigenvalue weighted by Crippen LogP contribution is -2.48. The SMILES string of the molecule is CCC(CC)C(=O)N1CCC(NC(=O)C2=Cc3ccccc3OC2)CC1. The molecule has 2 heterocycles. The van der Waals surface area contributed by atoms with E-state index in [4.69, 9.17) is 4.74 Å². The second kappa shape index (κ2) is 8.39. The van der Waals surface area contributed by atoms with E-state index in [0.717, 1.165) is 50.1 Å². The lowest BCUT2D eigenvalue weighted by molar-refractivity contribution is -0.136. The lowest BCUT2D eigenvalue weighted by Gasteiger charge is -2.34. The molecular weight excluding hydrogens is 328 g/mol. The highest BCUT2D eigenvalue weighted by Gasteiger charge is 2.28. The summed E-state index contributed by atoms with van der Waals surface area (Å²) in [6, 6.07) is 7.84. The Hall–Kier alpha value is -2.30. The van der Waals surface area contributed by atoms with Crippen molar-refractivity contribution in [1.29, 1.82) is 0 Å². The van der Waals surface area contributed by atoms with Crippen LogP contribution >= 0.6 is 0 Å². The van der Waals surface area contributed by atoms with Crippen molar-refractivity contribution >= 4 is 17.9 Å². The number of amides is 2. The summed E-state index contributed by atoms with van der Waals surface area (Å²) in [7, 11) is 0. The van der Waals surface area contributed by atoms with Crippen molar-refractivity contribution in [1.82, 2.24) is 10.2 Å². The third-order valence-corrected chi connectivity index (χ3v) is 5.40. The van der Waals surface area contributed by atoms with E-state index in [9.17, 15) is 9.59 Å². The predicted molar refractivity (Wildman–Crippen MR) is 102 cm³/mol. The van der Waals surface area contributed by atoms with Gasteiger partial charge in [-0.15, -0.1) is 0 Å². The van der Waals surface area contributed by atoms with Crippen LogP contribution in [0.15, 0.2) is 29.8 Å². The maximum Gasteiger partial charge on any atom is 0.250 e. The first-order valence-electron chi connectivity index (χ1n) is 9.64. The number of piperidine rings is 1. The van der Waals surface area contributed by atoms with E-state index >= 15 is 0 Å². The normalized spacial score (nSPS) is 17.3. The summed E-state index contributed by atoms with van der Waals surface area (Å²) >= 11 is 0. The molecule has 0 saturated carbocycles. The summed E-state index contributed by atoms with van der Waals surface area (Å²) in [5.74, 6) is 1.15. The first kappa shape index (κ1) is 18.5. The second-order valence-corrected chi connectivity index (χ2v) is 7.08. The standard InChI is InChI=1S/C21H28N2O3/c1-3-15(4-2)21(25)23-11-9-18(10-12-23)22-20(24)17-13-16-7-5-6-8-19(16)26-14-17/h5-8,13,15,18H,3-4,9-12,14H2,1-2H3,(H,22,24). The molecule has 5 heteroatoms. The van der Waals surface area contributed by atoms with Crippen molar-refractivity contribution in [2.45, 2.75) is 45.6 Å². The zero-order chi connectivity index (χ0) is 18.5. The van der Waals surface area contributed by atoms with Crippen LogP contribution in [0.2, 0.25) is 0 Å². The van der Waals surface area contributed by atoms with Gasteiger partial charge in [-0.25, -0.2) is 0 Å². The average Bonchev–Trinajstić information content (AvgIpc) is 2.69. The average molecular weight is 356 g/mol. The van der Waals surface area contributed by atoms with Gasteiger partial charge >= 0.3 is 0 Å². The number of hydrogen-bond donors (Lipinski definition) is 1. The van der Waals surface area contributed by atoms with Gasteiger partial charge in [-0.2, -0.15) is 0 Å². The minimum atomic E-state index is -0.0655. The van der Waals surface area contributed by atoms with E-state index in [1.54, 1.807) is 0 Å². The van der Waals surface area contributed by atoms with Gasteiger partial charge in [-0.1, -0.05) is 32.0 Å². The van der Waals surface area contributed by atoms with Gasteiger partial charge in [0.25, 0.3) is 5.91 Å². The molecule has 5 nitrogen and oxygen atoms in total. The molecule has 0 radical (unpaired) electrons. The number of likely N-dealkylation sites (tertiary alicyclic amines) is 1. The minimum Gasteiger partial charge on any atom is -0.488 e. The van der Waals surface area contributed by atoms with E-state index in [1.807, 2.05) is 35.2 Å². The molecule has 0 spiro atoms. The van der Waals surface area contributed by atoms with Gasteiger partial charge in [0.1, 0.15) is 12.4 Å². The lowest BCUT2D eigenvalue weighted by atomic mass is 9.98. The van der Waals surface area contributed by atoms with Crippen LogP contribution in [0, 0.1) is 5.92 Å². The molecule has 2 amide bonds. The Bertz CT molecular complexity index is 686. The highest BCUT2D eigenvalue weighted by molar-refractivity contribution is 5.99. The molecule has 1 fully saturated rings. The van der Waals surface area contributed by atoms with Crippen LogP contribution in [0.4, 0.5) is 0 Å². The molecule has 2 aliphatic heterocycles. The maximum atomic E-state index is 12.6. The Morgan fingerprint density at radius 2 is 1.88 bits per heavy atom. The molecule has 1 saturated heterocycles. The Morgan fingerprint density at radius 3 is 2.58 bits per heavy atom. The number of nitrogens with one attached hydrogen (secondary N) is 1. The van der Waals surface area contributed by atoms with E-state index < -0.39 is 0 Å². The van der Waals surface area contributed by atoms with E-state index in [0.29, 0.717) is 12.2 Å². The van der Waals surface area contributed by atoms with Crippen LogP contribution in [0.3, 0.4) is 0 Å². The molecule has 2 aliphatic rings. The smallest absolute Gasteiger partial charge is 0.250 e. The van der Waals surface area contributed by atoms with Crippen LogP contribution in [-0.4, -0.2) is 42.5 Å². The molecule has 0 bridgehead atoms. The Kier molecular flexibility index (Phi) is 5.96. The highest BCUT2D eigenvalue weighted by Crippen LogP contribution is 2.26. The van der Waals surface area contributed by atoms with Gasteiger partial charge < -0.3 is 15.0 Å². The van der Waals surface area contributed by atoms with Crippen molar-refractivity contribution < 1.29 is 14.3 Å². The van der Waals surface area contributed by atoms with Crippen LogP contribution in [0.1, 0.15) is 45.1 Å². The minimum absolute atomic E-state index is 0.0655. The summed E-state index contributed by atoms with van der Waals surface area (Å²) in [6.45, 7) is 5.88. The first-order chi connectivity index (χ1) is 12.6. The van der Waals surface area contributed by atoms with Gasteiger partial charge in [-0.3, -0.25) is 9.59 Å².